The first-order valence-corrected chi connectivity index (χ1v) is 6.90. The van der Waals surface area contributed by atoms with Crippen molar-refractivity contribution >= 4 is 29.1 Å². The van der Waals surface area contributed by atoms with Crippen molar-refractivity contribution in [2.24, 2.45) is 0 Å². The van der Waals surface area contributed by atoms with Gasteiger partial charge in [0.2, 0.25) is 0 Å². The minimum atomic E-state index is -0.137. The van der Waals surface area contributed by atoms with E-state index in [0.29, 0.717) is 10.7 Å². The van der Waals surface area contributed by atoms with Crippen molar-refractivity contribution in [1.29, 1.82) is 0 Å². The molecule has 0 fully saturated rings. The molecule has 20 heavy (non-hydrogen) atoms. The molecular formula is C14H21ClN3O2+. The molecule has 0 saturated heterocycles. The Labute approximate surface area is 124 Å². The topological polar surface area (TPSA) is 62.6 Å². The fraction of sp³-hybridized carbons (Fsp3) is 0.429. The highest BCUT2D eigenvalue weighted by Gasteiger charge is 2.14. The van der Waals surface area contributed by atoms with Gasteiger partial charge in [-0.1, -0.05) is 11.6 Å². The van der Waals surface area contributed by atoms with Crippen molar-refractivity contribution in [1.82, 2.24) is 5.32 Å². The summed E-state index contributed by atoms with van der Waals surface area (Å²) in [6, 6.07) is 7.01. The lowest BCUT2D eigenvalue weighted by Gasteiger charge is -2.14. The lowest BCUT2D eigenvalue weighted by atomic mass is 10.3. The van der Waals surface area contributed by atoms with Crippen LogP contribution in [0.25, 0.3) is 0 Å². The molecule has 6 heteroatoms. The molecule has 2 amide bonds. The van der Waals surface area contributed by atoms with Crippen molar-refractivity contribution in [3.05, 3.63) is 29.3 Å². The highest BCUT2D eigenvalue weighted by molar-refractivity contribution is 6.30. The second-order valence-corrected chi connectivity index (χ2v) is 5.52. The highest BCUT2D eigenvalue weighted by atomic mass is 35.5. The first-order valence-electron chi connectivity index (χ1n) is 6.53. The van der Waals surface area contributed by atoms with E-state index in [0.717, 1.165) is 4.90 Å². The van der Waals surface area contributed by atoms with Gasteiger partial charge in [-0.25, -0.2) is 0 Å². The molecule has 0 saturated carbocycles. The molecule has 0 aromatic heterocycles. The van der Waals surface area contributed by atoms with Crippen LogP contribution in [0.15, 0.2) is 24.3 Å². The summed E-state index contributed by atoms with van der Waals surface area (Å²) in [5, 5.41) is 6.18. The zero-order valence-corrected chi connectivity index (χ0v) is 12.8. The summed E-state index contributed by atoms with van der Waals surface area (Å²) in [5.74, 6) is -0.195. The predicted molar refractivity (Wildman–Crippen MR) is 80.0 cm³/mol. The standard InChI is InChI=1S/C14H20ClN3O2/c1-10(2)16-13(19)8-18(3)9-14(20)17-12-6-4-11(15)5-7-12/h4-7,10H,8-9H2,1-3H3,(H,16,19)(H,17,20)/p+1. The second kappa shape index (κ2) is 7.87. The van der Waals surface area contributed by atoms with Gasteiger partial charge in [0.25, 0.3) is 11.8 Å². The van der Waals surface area contributed by atoms with E-state index in [4.69, 9.17) is 11.6 Å². The van der Waals surface area contributed by atoms with Gasteiger partial charge in [-0.2, -0.15) is 0 Å². The molecule has 0 bridgehead atoms. The van der Waals surface area contributed by atoms with Crippen LogP contribution < -0.4 is 15.5 Å². The molecule has 0 spiro atoms. The van der Waals surface area contributed by atoms with Gasteiger partial charge in [0.1, 0.15) is 0 Å². The van der Waals surface area contributed by atoms with E-state index in [9.17, 15) is 9.59 Å². The number of benzene rings is 1. The molecule has 0 heterocycles. The minimum absolute atomic E-state index is 0.0585. The smallest absolute Gasteiger partial charge is 0.279 e. The number of quaternary nitrogens is 1. The van der Waals surface area contributed by atoms with E-state index < -0.39 is 0 Å². The minimum Gasteiger partial charge on any atom is -0.349 e. The molecule has 1 atom stereocenters. The van der Waals surface area contributed by atoms with Crippen molar-refractivity contribution in [2.45, 2.75) is 19.9 Å². The van der Waals surface area contributed by atoms with Crippen LogP contribution in [0, 0.1) is 0 Å². The summed E-state index contributed by atoms with van der Waals surface area (Å²) < 4.78 is 0. The van der Waals surface area contributed by atoms with Gasteiger partial charge in [-0.05, 0) is 38.1 Å². The maximum absolute atomic E-state index is 11.8. The second-order valence-electron chi connectivity index (χ2n) is 5.09. The lowest BCUT2D eigenvalue weighted by molar-refractivity contribution is -0.862. The lowest BCUT2D eigenvalue weighted by Crippen LogP contribution is -3.11. The van der Waals surface area contributed by atoms with Crippen molar-refractivity contribution in [3.8, 4) is 0 Å². The van der Waals surface area contributed by atoms with Crippen LogP contribution >= 0.6 is 11.6 Å². The van der Waals surface area contributed by atoms with Gasteiger partial charge in [-0.3, -0.25) is 9.59 Å². The molecule has 0 aliphatic rings. The number of carbonyl (C=O) groups is 2. The summed E-state index contributed by atoms with van der Waals surface area (Å²) >= 11 is 5.77. The van der Waals surface area contributed by atoms with E-state index in [1.165, 1.54) is 0 Å². The monoisotopic (exact) mass is 298 g/mol. The van der Waals surface area contributed by atoms with E-state index in [1.54, 1.807) is 31.3 Å². The van der Waals surface area contributed by atoms with Gasteiger partial charge >= 0.3 is 0 Å². The van der Waals surface area contributed by atoms with E-state index in [2.05, 4.69) is 10.6 Å². The molecular weight excluding hydrogens is 278 g/mol. The Bertz CT molecular complexity index is 460. The largest absolute Gasteiger partial charge is 0.349 e. The Morgan fingerprint density at radius 3 is 2.25 bits per heavy atom. The van der Waals surface area contributed by atoms with Crippen molar-refractivity contribution in [3.63, 3.8) is 0 Å². The van der Waals surface area contributed by atoms with Crippen LogP contribution in [0.3, 0.4) is 0 Å². The molecule has 110 valence electrons. The first kappa shape index (κ1) is 16.5. The summed E-state index contributed by atoms with van der Waals surface area (Å²) in [4.78, 5) is 24.2. The Kier molecular flexibility index (Phi) is 6.48. The number of halogens is 1. The molecule has 0 aliphatic carbocycles. The molecule has 1 aromatic rings. The number of anilines is 1. The van der Waals surface area contributed by atoms with Gasteiger partial charge in [0.05, 0.1) is 7.05 Å². The van der Waals surface area contributed by atoms with Crippen LogP contribution in [-0.2, 0) is 9.59 Å². The molecule has 1 unspecified atom stereocenters. The molecule has 5 nitrogen and oxygen atoms in total. The Balaban J connectivity index is 2.38. The number of hydrogen-bond acceptors (Lipinski definition) is 2. The highest BCUT2D eigenvalue weighted by Crippen LogP contribution is 2.12. The number of likely N-dealkylation sites (N-methyl/N-ethyl adjacent to an activating group) is 1. The van der Waals surface area contributed by atoms with Gasteiger partial charge < -0.3 is 15.5 Å². The normalized spacial score (nSPS) is 12.1. The number of hydrogen-bond donors (Lipinski definition) is 3. The zero-order valence-electron chi connectivity index (χ0n) is 12.0. The van der Waals surface area contributed by atoms with E-state index in [1.807, 2.05) is 13.8 Å². The Hall–Kier alpha value is -1.59. The molecule has 0 radical (unpaired) electrons. The average molecular weight is 299 g/mol. The quantitative estimate of drug-likeness (QED) is 0.708. The first-order chi connectivity index (χ1) is 9.36. The van der Waals surface area contributed by atoms with E-state index in [-0.39, 0.29) is 30.9 Å². The van der Waals surface area contributed by atoms with Gasteiger partial charge in [-0.15, -0.1) is 0 Å². The van der Waals surface area contributed by atoms with Crippen LogP contribution in [0.1, 0.15) is 13.8 Å². The maximum Gasteiger partial charge on any atom is 0.279 e. The van der Waals surface area contributed by atoms with Crippen molar-refractivity contribution in [2.75, 3.05) is 25.5 Å². The third kappa shape index (κ3) is 6.54. The van der Waals surface area contributed by atoms with Crippen molar-refractivity contribution < 1.29 is 14.5 Å². The molecule has 1 rings (SSSR count). The van der Waals surface area contributed by atoms with E-state index >= 15 is 0 Å². The third-order valence-corrected chi connectivity index (χ3v) is 2.75. The summed E-state index contributed by atoms with van der Waals surface area (Å²) in [5.41, 5.74) is 0.693. The van der Waals surface area contributed by atoms with Crippen LogP contribution in [0.2, 0.25) is 5.02 Å². The van der Waals surface area contributed by atoms with Gasteiger partial charge in [0.15, 0.2) is 13.1 Å². The molecule has 3 N–H and O–H groups in total. The summed E-state index contributed by atoms with van der Waals surface area (Å²) in [6.45, 7) is 4.31. The Morgan fingerprint density at radius 2 is 1.70 bits per heavy atom. The summed E-state index contributed by atoms with van der Waals surface area (Å²) in [6.07, 6.45) is 0. The molecule has 0 aliphatic heterocycles. The maximum atomic E-state index is 11.8. The SMILES string of the molecule is CC(C)NC(=O)C[NH+](C)CC(=O)Nc1ccc(Cl)cc1. The fourth-order valence-electron chi connectivity index (χ4n) is 1.72. The Morgan fingerprint density at radius 1 is 1.15 bits per heavy atom. The van der Waals surface area contributed by atoms with Crippen LogP contribution in [0.5, 0.6) is 0 Å². The molecule has 1 aromatic carbocycles. The van der Waals surface area contributed by atoms with Crippen LogP contribution in [0.4, 0.5) is 5.69 Å². The van der Waals surface area contributed by atoms with Gasteiger partial charge in [0, 0.05) is 16.8 Å². The zero-order chi connectivity index (χ0) is 15.1. The van der Waals surface area contributed by atoms with Crippen LogP contribution in [-0.4, -0.2) is 38.0 Å². The summed E-state index contributed by atoms with van der Waals surface area (Å²) in [7, 11) is 1.81. The third-order valence-electron chi connectivity index (χ3n) is 2.50. The number of carbonyl (C=O) groups excluding carboxylic acids is 2. The number of nitrogens with one attached hydrogen (secondary N) is 3. The fourth-order valence-corrected chi connectivity index (χ4v) is 1.85. The number of rotatable bonds is 6. The average Bonchev–Trinajstić information content (AvgIpc) is 2.30. The predicted octanol–water partition coefficient (Wildman–Crippen LogP) is 0.318. The number of amides is 2.